The SMILES string of the molecule is Cc1c([C@H](O)C[C@]23CN[C@@H](CN2CC(O)c2ccc4c(c2)C[C@H](C)OC4=O)C3)ccc2c1COC2=O. The molecule has 0 aliphatic carbocycles. The van der Waals surface area contributed by atoms with Gasteiger partial charge in [0.1, 0.15) is 12.7 Å². The van der Waals surface area contributed by atoms with Gasteiger partial charge in [-0.1, -0.05) is 18.2 Å². The zero-order valence-electron chi connectivity index (χ0n) is 20.6. The third-order valence-corrected chi connectivity index (χ3v) is 8.54. The number of carbonyl (C=O) groups excluding carboxylic acids is 2. The van der Waals surface area contributed by atoms with E-state index in [9.17, 15) is 19.8 Å². The first-order valence-corrected chi connectivity index (χ1v) is 12.7. The molecule has 6 rings (SSSR count). The Morgan fingerprint density at radius 3 is 2.75 bits per heavy atom. The van der Waals surface area contributed by atoms with Crippen LogP contribution in [0.3, 0.4) is 0 Å². The summed E-state index contributed by atoms with van der Waals surface area (Å²) in [6.45, 7) is 6.08. The number of esters is 2. The van der Waals surface area contributed by atoms with Crippen LogP contribution < -0.4 is 5.32 Å². The highest BCUT2D eigenvalue weighted by atomic mass is 16.5. The van der Waals surface area contributed by atoms with E-state index in [1.54, 1.807) is 12.1 Å². The van der Waals surface area contributed by atoms with Crippen molar-refractivity contribution in [3.8, 4) is 0 Å². The zero-order chi connectivity index (χ0) is 25.2. The predicted molar refractivity (Wildman–Crippen MR) is 131 cm³/mol. The number of aliphatic hydroxyl groups is 2. The van der Waals surface area contributed by atoms with Gasteiger partial charge in [-0.15, -0.1) is 0 Å². The van der Waals surface area contributed by atoms with Crippen molar-refractivity contribution >= 4 is 11.9 Å². The van der Waals surface area contributed by atoms with Gasteiger partial charge in [0.25, 0.3) is 0 Å². The molecule has 4 aliphatic rings. The molecular weight excluding hydrogens is 460 g/mol. The van der Waals surface area contributed by atoms with Gasteiger partial charge in [-0.25, -0.2) is 9.59 Å². The summed E-state index contributed by atoms with van der Waals surface area (Å²) in [6.07, 6.45) is 0.517. The summed E-state index contributed by atoms with van der Waals surface area (Å²) in [6, 6.07) is 9.43. The molecule has 2 fully saturated rings. The molecule has 4 heterocycles. The molecule has 4 aliphatic heterocycles. The van der Waals surface area contributed by atoms with E-state index < -0.39 is 12.2 Å². The Kier molecular flexibility index (Phi) is 5.68. The fraction of sp³-hybridized carbons (Fsp3) is 0.500. The topological polar surface area (TPSA) is 108 Å². The Hall–Kier alpha value is -2.78. The zero-order valence-corrected chi connectivity index (χ0v) is 20.6. The number of ether oxygens (including phenoxy) is 2. The van der Waals surface area contributed by atoms with E-state index >= 15 is 0 Å². The molecule has 0 spiro atoms. The Balaban J connectivity index is 1.20. The highest BCUT2D eigenvalue weighted by molar-refractivity contribution is 5.94. The number of fused-ring (bicyclic) bond motifs is 4. The standard InChI is InChI=1S/C28H32N2O6/c1-15-7-18-8-17(3-4-21(18)27(34)36-15)25(32)12-30-11-19-9-28(30,14-29-19)10-24(31)20-5-6-22-23(16(20)2)13-35-26(22)33/h3-6,8,15,19,24-25,29,31-32H,7,9-14H2,1-2H3/t15-,19+,24+,25?,28+/m0/s1. The van der Waals surface area contributed by atoms with E-state index in [1.165, 1.54) is 0 Å². The number of β-amino-alcohol motifs (C(OH)–C–C–N with tert-alkyl or cyclic N) is 1. The Morgan fingerprint density at radius 2 is 1.94 bits per heavy atom. The maximum absolute atomic E-state index is 12.2. The molecule has 2 saturated heterocycles. The molecule has 3 N–H and O–H groups in total. The van der Waals surface area contributed by atoms with Crippen molar-refractivity contribution in [2.24, 2.45) is 0 Å². The highest BCUT2D eigenvalue weighted by Crippen LogP contribution is 2.43. The summed E-state index contributed by atoms with van der Waals surface area (Å²) in [5, 5.41) is 26.1. The fourth-order valence-corrected chi connectivity index (χ4v) is 6.62. The minimum Gasteiger partial charge on any atom is -0.459 e. The maximum Gasteiger partial charge on any atom is 0.338 e. The number of nitrogens with one attached hydrogen (secondary N) is 1. The van der Waals surface area contributed by atoms with Crippen molar-refractivity contribution in [2.45, 2.75) is 69.6 Å². The summed E-state index contributed by atoms with van der Waals surface area (Å²) in [5.41, 5.74) is 5.20. The minimum atomic E-state index is -0.707. The molecule has 2 aromatic carbocycles. The number of piperazine rings is 1. The third kappa shape index (κ3) is 3.84. The molecule has 2 aromatic rings. The van der Waals surface area contributed by atoms with Gasteiger partial charge < -0.3 is 25.0 Å². The van der Waals surface area contributed by atoms with Gasteiger partial charge >= 0.3 is 11.9 Å². The molecule has 1 unspecified atom stereocenters. The molecule has 36 heavy (non-hydrogen) atoms. The lowest BCUT2D eigenvalue weighted by molar-refractivity contribution is 0.0213. The van der Waals surface area contributed by atoms with Gasteiger partial charge in [0.05, 0.1) is 23.3 Å². The number of benzene rings is 2. The van der Waals surface area contributed by atoms with E-state index in [1.807, 2.05) is 32.0 Å². The molecule has 0 aromatic heterocycles. The van der Waals surface area contributed by atoms with Gasteiger partial charge in [0.15, 0.2) is 0 Å². The van der Waals surface area contributed by atoms with Crippen molar-refractivity contribution in [2.75, 3.05) is 19.6 Å². The van der Waals surface area contributed by atoms with E-state index in [0.29, 0.717) is 36.6 Å². The lowest BCUT2D eigenvalue weighted by Crippen LogP contribution is -2.54. The van der Waals surface area contributed by atoms with Crippen LogP contribution in [0.15, 0.2) is 30.3 Å². The monoisotopic (exact) mass is 492 g/mol. The fourth-order valence-electron chi connectivity index (χ4n) is 6.62. The van der Waals surface area contributed by atoms with Crippen molar-refractivity contribution in [3.63, 3.8) is 0 Å². The molecule has 0 amide bonds. The van der Waals surface area contributed by atoms with Crippen LogP contribution in [0.25, 0.3) is 0 Å². The van der Waals surface area contributed by atoms with E-state index in [0.717, 1.165) is 47.3 Å². The van der Waals surface area contributed by atoms with E-state index in [2.05, 4.69) is 10.2 Å². The first-order chi connectivity index (χ1) is 17.2. The summed E-state index contributed by atoms with van der Waals surface area (Å²) in [7, 11) is 0. The van der Waals surface area contributed by atoms with Gasteiger partial charge in [-0.3, -0.25) is 4.90 Å². The second kappa shape index (κ2) is 8.66. The van der Waals surface area contributed by atoms with Crippen LogP contribution in [0, 0.1) is 6.92 Å². The molecular formula is C28H32N2O6. The summed E-state index contributed by atoms with van der Waals surface area (Å²) in [4.78, 5) is 26.4. The quantitative estimate of drug-likeness (QED) is 0.528. The molecule has 190 valence electrons. The van der Waals surface area contributed by atoms with E-state index in [-0.39, 0.29) is 30.2 Å². The molecule has 8 nitrogen and oxygen atoms in total. The molecule has 2 bridgehead atoms. The highest BCUT2D eigenvalue weighted by Gasteiger charge is 2.51. The normalized spacial score (nSPS) is 28.4. The van der Waals surface area contributed by atoms with Gasteiger partial charge in [0, 0.05) is 43.2 Å². The van der Waals surface area contributed by atoms with Crippen LogP contribution in [0.5, 0.6) is 0 Å². The second-order valence-corrected chi connectivity index (χ2v) is 10.9. The summed E-state index contributed by atoms with van der Waals surface area (Å²) in [5.74, 6) is -0.613. The number of nitrogens with zero attached hydrogens (tertiary/aromatic N) is 1. The average Bonchev–Trinajstić information content (AvgIpc) is 3.52. The van der Waals surface area contributed by atoms with Crippen molar-refractivity contribution in [1.29, 1.82) is 0 Å². The van der Waals surface area contributed by atoms with Crippen molar-refractivity contribution in [3.05, 3.63) is 69.3 Å². The number of cyclic esters (lactones) is 2. The Morgan fingerprint density at radius 1 is 1.14 bits per heavy atom. The van der Waals surface area contributed by atoms with Gasteiger partial charge in [-0.05, 0) is 61.1 Å². The number of hydrogen-bond acceptors (Lipinski definition) is 8. The first-order valence-electron chi connectivity index (χ1n) is 12.7. The van der Waals surface area contributed by atoms with Crippen molar-refractivity contribution < 1.29 is 29.3 Å². The molecule has 0 saturated carbocycles. The van der Waals surface area contributed by atoms with Crippen molar-refractivity contribution in [1.82, 2.24) is 10.2 Å². The van der Waals surface area contributed by atoms with Crippen LogP contribution >= 0.6 is 0 Å². The first kappa shape index (κ1) is 23.6. The number of likely N-dealkylation sites (tertiary alicyclic amines) is 1. The average molecular weight is 493 g/mol. The lowest BCUT2D eigenvalue weighted by atomic mass is 9.85. The molecule has 0 radical (unpaired) electrons. The Labute approximate surface area is 210 Å². The maximum atomic E-state index is 12.2. The van der Waals surface area contributed by atoms with Crippen LogP contribution in [0.4, 0.5) is 0 Å². The number of aliphatic hydroxyl groups excluding tert-OH is 2. The Bertz CT molecular complexity index is 1240. The molecule has 8 heteroatoms. The van der Waals surface area contributed by atoms with Crippen LogP contribution in [0.2, 0.25) is 0 Å². The largest absolute Gasteiger partial charge is 0.459 e. The van der Waals surface area contributed by atoms with Crippen LogP contribution in [0.1, 0.15) is 80.5 Å². The van der Waals surface area contributed by atoms with Crippen LogP contribution in [-0.4, -0.2) is 64.4 Å². The van der Waals surface area contributed by atoms with Gasteiger partial charge in [0.2, 0.25) is 0 Å². The minimum absolute atomic E-state index is 0.171. The smallest absolute Gasteiger partial charge is 0.338 e. The lowest BCUT2D eigenvalue weighted by Gasteiger charge is -2.41. The van der Waals surface area contributed by atoms with E-state index in [4.69, 9.17) is 9.47 Å². The predicted octanol–water partition coefficient (Wildman–Crippen LogP) is 2.34. The van der Waals surface area contributed by atoms with Gasteiger partial charge in [-0.2, -0.15) is 0 Å². The van der Waals surface area contributed by atoms with Crippen LogP contribution in [-0.2, 0) is 22.5 Å². The number of rotatable bonds is 6. The summed E-state index contributed by atoms with van der Waals surface area (Å²) < 4.78 is 10.5. The second-order valence-electron chi connectivity index (χ2n) is 10.9. The third-order valence-electron chi connectivity index (χ3n) is 8.54. The molecule has 5 atom stereocenters. The summed E-state index contributed by atoms with van der Waals surface area (Å²) >= 11 is 0. The number of carbonyl (C=O) groups is 2. The number of hydrogen-bond donors (Lipinski definition) is 3.